The molecule has 1 heterocycles. The zero-order valence-electron chi connectivity index (χ0n) is 11.4. The minimum absolute atomic E-state index is 0.576. The maximum Gasteiger partial charge on any atom is 0.223 e. The molecule has 1 aromatic rings. The molecule has 1 aliphatic rings. The van der Waals surface area contributed by atoms with Crippen LogP contribution in [-0.2, 0) is 6.54 Å². The third-order valence-electron chi connectivity index (χ3n) is 3.96. The maximum absolute atomic E-state index is 5.91. The standard InChI is InChI=1S/C13H24N4O/c1-3-17(9-13-15-10(2)18-16-13)12-7-5-4-6-11(12)8-14/h11-12H,3-9,14H2,1-2H3. The minimum Gasteiger partial charge on any atom is -0.340 e. The molecule has 0 bridgehead atoms. The Bertz CT molecular complexity index is 366. The highest BCUT2D eigenvalue weighted by molar-refractivity contribution is 4.89. The Morgan fingerprint density at radius 3 is 2.78 bits per heavy atom. The van der Waals surface area contributed by atoms with Gasteiger partial charge in [-0.05, 0) is 31.8 Å². The quantitative estimate of drug-likeness (QED) is 0.864. The fourth-order valence-electron chi connectivity index (χ4n) is 2.99. The Kier molecular flexibility index (Phi) is 4.72. The molecular formula is C13H24N4O. The molecule has 5 heteroatoms. The topological polar surface area (TPSA) is 68.2 Å². The van der Waals surface area contributed by atoms with Crippen LogP contribution in [0.15, 0.2) is 4.52 Å². The largest absolute Gasteiger partial charge is 0.340 e. The Morgan fingerprint density at radius 1 is 1.39 bits per heavy atom. The summed E-state index contributed by atoms with van der Waals surface area (Å²) in [4.78, 5) is 6.74. The van der Waals surface area contributed by atoms with Gasteiger partial charge in [0.25, 0.3) is 0 Å². The molecule has 1 aromatic heterocycles. The van der Waals surface area contributed by atoms with Crippen molar-refractivity contribution in [2.24, 2.45) is 11.7 Å². The molecule has 0 saturated heterocycles. The van der Waals surface area contributed by atoms with Crippen molar-refractivity contribution in [1.82, 2.24) is 15.0 Å². The predicted molar refractivity (Wildman–Crippen MR) is 69.9 cm³/mol. The Morgan fingerprint density at radius 2 is 2.17 bits per heavy atom. The van der Waals surface area contributed by atoms with Gasteiger partial charge in [-0.3, -0.25) is 4.90 Å². The van der Waals surface area contributed by atoms with Crippen LogP contribution in [0.2, 0.25) is 0 Å². The molecule has 2 N–H and O–H groups in total. The van der Waals surface area contributed by atoms with Crippen molar-refractivity contribution in [3.8, 4) is 0 Å². The van der Waals surface area contributed by atoms with Gasteiger partial charge in [-0.2, -0.15) is 4.98 Å². The first-order valence-corrected chi connectivity index (χ1v) is 6.98. The molecule has 2 rings (SSSR count). The van der Waals surface area contributed by atoms with E-state index in [1.807, 2.05) is 6.92 Å². The summed E-state index contributed by atoms with van der Waals surface area (Å²) in [6.45, 7) is 6.58. The van der Waals surface area contributed by atoms with Crippen LogP contribution in [0.1, 0.15) is 44.3 Å². The van der Waals surface area contributed by atoms with Gasteiger partial charge < -0.3 is 10.3 Å². The fourth-order valence-corrected chi connectivity index (χ4v) is 2.99. The second-order valence-electron chi connectivity index (χ2n) is 5.14. The van der Waals surface area contributed by atoms with E-state index in [0.29, 0.717) is 17.9 Å². The van der Waals surface area contributed by atoms with Gasteiger partial charge >= 0.3 is 0 Å². The summed E-state index contributed by atoms with van der Waals surface area (Å²) in [5, 5.41) is 3.99. The van der Waals surface area contributed by atoms with Gasteiger partial charge in [-0.25, -0.2) is 0 Å². The van der Waals surface area contributed by atoms with Gasteiger partial charge in [0.05, 0.1) is 6.54 Å². The first-order chi connectivity index (χ1) is 8.74. The normalized spacial score (nSPS) is 24.7. The molecule has 2 atom stereocenters. The third kappa shape index (κ3) is 3.09. The van der Waals surface area contributed by atoms with Crippen LogP contribution in [0, 0.1) is 12.8 Å². The Labute approximate surface area is 109 Å². The number of nitrogens with zero attached hydrogens (tertiary/aromatic N) is 3. The van der Waals surface area contributed by atoms with Crippen LogP contribution < -0.4 is 5.73 Å². The Hall–Kier alpha value is -0.940. The van der Waals surface area contributed by atoms with Crippen LogP contribution in [0.3, 0.4) is 0 Å². The number of aromatic nitrogens is 2. The Balaban J connectivity index is 2.02. The maximum atomic E-state index is 5.91. The zero-order valence-corrected chi connectivity index (χ0v) is 11.4. The molecule has 0 spiro atoms. The van der Waals surface area contributed by atoms with E-state index in [1.54, 1.807) is 0 Å². The monoisotopic (exact) mass is 252 g/mol. The van der Waals surface area contributed by atoms with Crippen LogP contribution in [0.4, 0.5) is 0 Å². The lowest BCUT2D eigenvalue weighted by Gasteiger charge is -2.38. The second-order valence-corrected chi connectivity index (χ2v) is 5.14. The minimum atomic E-state index is 0.576. The van der Waals surface area contributed by atoms with E-state index in [1.165, 1.54) is 25.7 Å². The summed E-state index contributed by atoms with van der Waals surface area (Å²) in [5.41, 5.74) is 5.91. The van der Waals surface area contributed by atoms with Crippen molar-refractivity contribution < 1.29 is 4.52 Å². The number of rotatable bonds is 5. The van der Waals surface area contributed by atoms with Crippen molar-refractivity contribution in [2.75, 3.05) is 13.1 Å². The zero-order chi connectivity index (χ0) is 13.0. The number of nitrogens with two attached hydrogens (primary N) is 1. The van der Waals surface area contributed by atoms with Crippen molar-refractivity contribution in [1.29, 1.82) is 0 Å². The first kappa shape index (κ1) is 13.5. The third-order valence-corrected chi connectivity index (χ3v) is 3.96. The van der Waals surface area contributed by atoms with Gasteiger partial charge in [0.2, 0.25) is 5.89 Å². The predicted octanol–water partition coefficient (Wildman–Crippen LogP) is 1.72. The molecule has 102 valence electrons. The summed E-state index contributed by atoms with van der Waals surface area (Å²) >= 11 is 0. The van der Waals surface area contributed by atoms with Gasteiger partial charge in [0, 0.05) is 13.0 Å². The molecule has 0 amide bonds. The van der Waals surface area contributed by atoms with E-state index >= 15 is 0 Å². The summed E-state index contributed by atoms with van der Waals surface area (Å²) in [7, 11) is 0. The summed E-state index contributed by atoms with van der Waals surface area (Å²) < 4.78 is 5.04. The molecule has 18 heavy (non-hydrogen) atoms. The molecule has 1 saturated carbocycles. The van der Waals surface area contributed by atoms with Crippen LogP contribution in [0.5, 0.6) is 0 Å². The number of aryl methyl sites for hydroxylation is 1. The summed E-state index contributed by atoms with van der Waals surface area (Å²) in [6, 6.07) is 0.576. The molecular weight excluding hydrogens is 228 g/mol. The van der Waals surface area contributed by atoms with Crippen molar-refractivity contribution in [3.05, 3.63) is 11.7 Å². The SMILES string of the molecule is CCN(Cc1noc(C)n1)C1CCCCC1CN. The number of hydrogen-bond acceptors (Lipinski definition) is 5. The lowest BCUT2D eigenvalue weighted by atomic mass is 9.83. The highest BCUT2D eigenvalue weighted by Gasteiger charge is 2.29. The van der Waals surface area contributed by atoms with Gasteiger partial charge in [0.1, 0.15) is 0 Å². The highest BCUT2D eigenvalue weighted by Crippen LogP contribution is 2.28. The van der Waals surface area contributed by atoms with E-state index in [4.69, 9.17) is 10.3 Å². The smallest absolute Gasteiger partial charge is 0.223 e. The number of hydrogen-bond donors (Lipinski definition) is 1. The lowest BCUT2D eigenvalue weighted by molar-refractivity contribution is 0.102. The lowest BCUT2D eigenvalue weighted by Crippen LogP contribution is -2.44. The molecule has 0 aliphatic heterocycles. The van der Waals surface area contributed by atoms with Crippen molar-refractivity contribution >= 4 is 0 Å². The van der Waals surface area contributed by atoms with E-state index < -0.39 is 0 Å². The highest BCUT2D eigenvalue weighted by atomic mass is 16.5. The molecule has 0 radical (unpaired) electrons. The van der Waals surface area contributed by atoms with Crippen molar-refractivity contribution in [2.45, 2.75) is 52.1 Å². The van der Waals surface area contributed by atoms with E-state index in [2.05, 4.69) is 22.0 Å². The van der Waals surface area contributed by atoms with Crippen molar-refractivity contribution in [3.63, 3.8) is 0 Å². The molecule has 5 nitrogen and oxygen atoms in total. The average molecular weight is 252 g/mol. The average Bonchev–Trinajstić information content (AvgIpc) is 2.81. The van der Waals surface area contributed by atoms with Gasteiger partial charge in [-0.1, -0.05) is 24.9 Å². The molecule has 1 fully saturated rings. The molecule has 0 aromatic carbocycles. The fraction of sp³-hybridized carbons (Fsp3) is 0.846. The van der Waals surface area contributed by atoms with Crippen LogP contribution >= 0.6 is 0 Å². The summed E-state index contributed by atoms with van der Waals surface area (Å²) in [6.07, 6.45) is 5.12. The van der Waals surface area contributed by atoms with Gasteiger partial charge in [0.15, 0.2) is 5.82 Å². The van der Waals surface area contributed by atoms with E-state index in [9.17, 15) is 0 Å². The first-order valence-electron chi connectivity index (χ1n) is 6.98. The van der Waals surface area contributed by atoms with E-state index in [-0.39, 0.29) is 0 Å². The molecule has 2 unspecified atom stereocenters. The van der Waals surface area contributed by atoms with Gasteiger partial charge in [-0.15, -0.1) is 0 Å². The second kappa shape index (κ2) is 6.29. The summed E-state index contributed by atoms with van der Waals surface area (Å²) in [5.74, 6) is 2.04. The van der Waals surface area contributed by atoms with Crippen LogP contribution in [0.25, 0.3) is 0 Å². The molecule has 1 aliphatic carbocycles. The van der Waals surface area contributed by atoms with E-state index in [0.717, 1.165) is 25.5 Å². The van der Waals surface area contributed by atoms with Crippen LogP contribution in [-0.4, -0.2) is 34.2 Å².